The summed E-state index contributed by atoms with van der Waals surface area (Å²) in [4.78, 5) is 35.7. The van der Waals surface area contributed by atoms with Gasteiger partial charge in [0, 0.05) is 19.6 Å². The number of hydrogen-bond acceptors (Lipinski definition) is 3. The van der Waals surface area contributed by atoms with Gasteiger partial charge >= 0.3 is 12.0 Å². The molecule has 7 heteroatoms. The molecule has 3 amide bonds. The van der Waals surface area contributed by atoms with Crippen LogP contribution in [-0.4, -0.2) is 54.1 Å². The number of carbonyl (C=O) groups is 3. The molecule has 0 spiro atoms. The molecule has 0 aromatic carbocycles. The van der Waals surface area contributed by atoms with Gasteiger partial charge in [0.15, 0.2) is 0 Å². The van der Waals surface area contributed by atoms with Crippen molar-refractivity contribution >= 4 is 17.9 Å². The van der Waals surface area contributed by atoms with E-state index in [4.69, 9.17) is 0 Å². The number of nitrogens with one attached hydrogen (secondary N) is 2. The van der Waals surface area contributed by atoms with E-state index in [9.17, 15) is 19.5 Å². The van der Waals surface area contributed by atoms with Crippen molar-refractivity contribution in [2.75, 3.05) is 26.2 Å². The molecule has 1 fully saturated rings. The summed E-state index contributed by atoms with van der Waals surface area (Å²) < 4.78 is 0. The fourth-order valence-electron chi connectivity index (χ4n) is 2.05. The third-order valence-corrected chi connectivity index (χ3v) is 3.71. The van der Waals surface area contributed by atoms with Crippen molar-refractivity contribution in [2.24, 2.45) is 5.41 Å². The summed E-state index contributed by atoms with van der Waals surface area (Å²) in [6, 6.07) is -0.387. The van der Waals surface area contributed by atoms with Crippen LogP contribution >= 0.6 is 0 Å². The Morgan fingerprint density at radius 1 is 1.42 bits per heavy atom. The molecule has 0 atom stereocenters. The van der Waals surface area contributed by atoms with Crippen molar-refractivity contribution < 1.29 is 19.5 Å². The number of piperazine rings is 1. The molecule has 7 nitrogen and oxygen atoms in total. The Morgan fingerprint density at radius 2 is 2.05 bits per heavy atom. The van der Waals surface area contributed by atoms with Gasteiger partial charge < -0.3 is 20.6 Å². The lowest BCUT2D eigenvalue weighted by Gasteiger charge is -2.30. The van der Waals surface area contributed by atoms with Crippen LogP contribution in [0.15, 0.2) is 0 Å². The van der Waals surface area contributed by atoms with Crippen molar-refractivity contribution in [3.63, 3.8) is 0 Å². The zero-order valence-corrected chi connectivity index (χ0v) is 11.4. The maximum absolute atomic E-state index is 11.9. The highest BCUT2D eigenvalue weighted by molar-refractivity contribution is 5.85. The van der Waals surface area contributed by atoms with Crippen molar-refractivity contribution in [3.8, 4) is 0 Å². The van der Waals surface area contributed by atoms with E-state index in [1.165, 1.54) is 4.90 Å². The molecule has 108 valence electrons. The first-order chi connectivity index (χ1) is 8.95. The molecule has 1 aliphatic rings. The molecule has 19 heavy (non-hydrogen) atoms. The molecule has 0 bridgehead atoms. The second-order valence-electron chi connectivity index (χ2n) is 4.72. The van der Waals surface area contributed by atoms with Crippen LogP contribution in [0.1, 0.15) is 26.7 Å². The van der Waals surface area contributed by atoms with Crippen LogP contribution in [0.2, 0.25) is 0 Å². The quantitative estimate of drug-likeness (QED) is 0.656. The summed E-state index contributed by atoms with van der Waals surface area (Å²) in [5.41, 5.74) is -0.937. The first-order valence-corrected chi connectivity index (χ1v) is 6.48. The van der Waals surface area contributed by atoms with Gasteiger partial charge in [0.05, 0.1) is 5.41 Å². The van der Waals surface area contributed by atoms with Gasteiger partial charge in [0.2, 0.25) is 5.91 Å². The number of aliphatic carboxylic acids is 1. The standard InChI is InChI=1S/C12H21N3O4/c1-3-12(4-2,10(17)18)8-14-11(19)15-6-5-13-9(16)7-15/h3-8H2,1-2H3,(H,13,16)(H,14,19)(H,17,18). The summed E-state index contributed by atoms with van der Waals surface area (Å²) in [7, 11) is 0. The van der Waals surface area contributed by atoms with Gasteiger partial charge in [-0.25, -0.2) is 4.79 Å². The number of hydrogen-bond donors (Lipinski definition) is 3. The lowest BCUT2D eigenvalue weighted by atomic mass is 9.82. The van der Waals surface area contributed by atoms with Crippen LogP contribution < -0.4 is 10.6 Å². The van der Waals surface area contributed by atoms with E-state index in [-0.39, 0.29) is 25.0 Å². The van der Waals surface area contributed by atoms with E-state index in [1.807, 2.05) is 0 Å². The molecular formula is C12H21N3O4. The van der Waals surface area contributed by atoms with Crippen molar-refractivity contribution in [1.29, 1.82) is 0 Å². The molecule has 3 N–H and O–H groups in total. The average Bonchev–Trinajstić information content (AvgIpc) is 2.40. The Bertz CT molecular complexity index is 366. The summed E-state index contributed by atoms with van der Waals surface area (Å²) in [6.45, 7) is 4.54. The Hall–Kier alpha value is -1.79. The van der Waals surface area contributed by atoms with Gasteiger partial charge in [-0.05, 0) is 12.8 Å². The number of urea groups is 1. The second-order valence-corrected chi connectivity index (χ2v) is 4.72. The van der Waals surface area contributed by atoms with Gasteiger partial charge in [0.1, 0.15) is 6.54 Å². The first-order valence-electron chi connectivity index (χ1n) is 6.48. The van der Waals surface area contributed by atoms with E-state index in [0.717, 1.165) is 0 Å². The third kappa shape index (κ3) is 3.59. The highest BCUT2D eigenvalue weighted by Crippen LogP contribution is 2.25. The number of carboxylic acid groups (broad SMARTS) is 1. The zero-order valence-electron chi connectivity index (χ0n) is 11.4. The monoisotopic (exact) mass is 271 g/mol. The molecule has 0 aromatic heterocycles. The SMILES string of the molecule is CCC(CC)(CNC(=O)N1CCNC(=O)C1)C(=O)O. The molecule has 1 aliphatic heterocycles. The van der Waals surface area contributed by atoms with Crippen LogP contribution in [0.4, 0.5) is 4.79 Å². The van der Waals surface area contributed by atoms with E-state index < -0.39 is 11.4 Å². The average molecular weight is 271 g/mol. The maximum atomic E-state index is 11.9. The summed E-state index contributed by atoms with van der Waals surface area (Å²) >= 11 is 0. The molecule has 0 radical (unpaired) electrons. The van der Waals surface area contributed by atoms with Crippen LogP contribution in [0, 0.1) is 5.41 Å². The predicted molar refractivity (Wildman–Crippen MR) is 68.6 cm³/mol. The molecule has 1 saturated heterocycles. The molecule has 0 unspecified atom stereocenters. The molecule has 1 heterocycles. The fraction of sp³-hybridized carbons (Fsp3) is 0.750. The zero-order chi connectivity index (χ0) is 14.5. The Balaban J connectivity index is 2.57. The van der Waals surface area contributed by atoms with Crippen LogP contribution in [-0.2, 0) is 9.59 Å². The van der Waals surface area contributed by atoms with Gasteiger partial charge in [-0.1, -0.05) is 13.8 Å². The van der Waals surface area contributed by atoms with Gasteiger partial charge in [-0.15, -0.1) is 0 Å². The van der Waals surface area contributed by atoms with Gasteiger partial charge in [-0.2, -0.15) is 0 Å². The number of amides is 3. The van der Waals surface area contributed by atoms with E-state index in [0.29, 0.717) is 25.9 Å². The Labute approximate surface area is 112 Å². The lowest BCUT2D eigenvalue weighted by molar-refractivity contribution is -0.149. The van der Waals surface area contributed by atoms with E-state index in [1.54, 1.807) is 13.8 Å². The number of carbonyl (C=O) groups excluding carboxylic acids is 2. The summed E-state index contributed by atoms with van der Waals surface area (Å²) in [5, 5.41) is 14.5. The molecule has 0 aromatic rings. The van der Waals surface area contributed by atoms with Crippen molar-refractivity contribution in [1.82, 2.24) is 15.5 Å². The van der Waals surface area contributed by atoms with E-state index in [2.05, 4.69) is 10.6 Å². The number of carboxylic acids is 1. The minimum Gasteiger partial charge on any atom is -0.481 e. The highest BCUT2D eigenvalue weighted by atomic mass is 16.4. The van der Waals surface area contributed by atoms with Crippen LogP contribution in [0.25, 0.3) is 0 Å². The van der Waals surface area contributed by atoms with Gasteiger partial charge in [0.25, 0.3) is 0 Å². The smallest absolute Gasteiger partial charge is 0.317 e. The molecule has 1 rings (SSSR count). The maximum Gasteiger partial charge on any atom is 0.317 e. The predicted octanol–water partition coefficient (Wildman–Crippen LogP) is 0.0188. The first kappa shape index (κ1) is 15.3. The van der Waals surface area contributed by atoms with Crippen LogP contribution in [0.3, 0.4) is 0 Å². The topological polar surface area (TPSA) is 98.7 Å². The Kier molecular flexibility index (Phi) is 5.14. The fourth-order valence-corrected chi connectivity index (χ4v) is 2.05. The second kappa shape index (κ2) is 6.40. The van der Waals surface area contributed by atoms with E-state index >= 15 is 0 Å². The summed E-state index contributed by atoms with van der Waals surface area (Å²) in [6.07, 6.45) is 0.888. The van der Waals surface area contributed by atoms with Crippen molar-refractivity contribution in [3.05, 3.63) is 0 Å². The lowest BCUT2D eigenvalue weighted by Crippen LogP contribution is -2.54. The third-order valence-electron chi connectivity index (χ3n) is 3.71. The largest absolute Gasteiger partial charge is 0.481 e. The Morgan fingerprint density at radius 3 is 2.53 bits per heavy atom. The summed E-state index contributed by atoms with van der Waals surface area (Å²) in [5.74, 6) is -1.11. The van der Waals surface area contributed by atoms with Crippen molar-refractivity contribution in [2.45, 2.75) is 26.7 Å². The molecule has 0 aliphatic carbocycles. The highest BCUT2D eigenvalue weighted by Gasteiger charge is 2.35. The van der Waals surface area contributed by atoms with Gasteiger partial charge in [-0.3, -0.25) is 9.59 Å². The number of rotatable bonds is 5. The number of nitrogens with zero attached hydrogens (tertiary/aromatic N) is 1. The molecule has 0 saturated carbocycles. The minimum atomic E-state index is -0.937. The minimum absolute atomic E-state index is 0.0180. The normalized spacial score (nSPS) is 15.9. The molecular weight excluding hydrogens is 250 g/mol. The van der Waals surface area contributed by atoms with Crippen LogP contribution in [0.5, 0.6) is 0 Å².